The van der Waals surface area contributed by atoms with Crippen molar-refractivity contribution in [2.45, 2.75) is 26.3 Å². The van der Waals surface area contributed by atoms with Crippen LogP contribution in [0, 0.1) is 0 Å². The lowest BCUT2D eigenvalue weighted by atomic mass is 10.1. The molecule has 2 nitrogen and oxygen atoms in total. The second-order valence-corrected chi connectivity index (χ2v) is 5.65. The number of benzene rings is 1. The second-order valence-electron chi connectivity index (χ2n) is 4.42. The van der Waals surface area contributed by atoms with Crippen molar-refractivity contribution < 1.29 is 0 Å². The normalized spacial score (nSPS) is 17.6. The third kappa shape index (κ3) is 4.10. The van der Waals surface area contributed by atoms with E-state index in [2.05, 4.69) is 37.2 Å². The average Bonchev–Trinajstić information content (AvgIpc) is 2.15. The summed E-state index contributed by atoms with van der Waals surface area (Å²) in [5.74, 6) is 0. The largest absolute Gasteiger partial charge is 0.335 e. The van der Waals surface area contributed by atoms with E-state index in [1.807, 2.05) is 30.3 Å². The third-order valence-corrected chi connectivity index (χ3v) is 3.06. The highest BCUT2D eigenvalue weighted by molar-refractivity contribution is 8.17. The van der Waals surface area contributed by atoms with E-state index in [0.29, 0.717) is 0 Å². The molecule has 0 bridgehead atoms. The van der Waals surface area contributed by atoms with E-state index < -0.39 is 0 Å². The number of nitrogens with one attached hydrogen (secondary N) is 1. The Morgan fingerprint density at radius 1 is 1.18 bits per heavy atom. The Labute approximate surface area is 113 Å². The number of aliphatic imine (C=N–C) groups is 1. The highest BCUT2D eigenvalue weighted by Crippen LogP contribution is 2.29. The van der Waals surface area contributed by atoms with Gasteiger partial charge in [-0.25, -0.2) is 0 Å². The minimum Gasteiger partial charge on any atom is -0.335 e. The van der Waals surface area contributed by atoms with E-state index in [1.54, 1.807) is 11.8 Å². The molecule has 1 aliphatic heterocycles. The zero-order valence-electron chi connectivity index (χ0n) is 10.2. The molecule has 1 N–H and O–H groups in total. The van der Waals surface area contributed by atoms with Crippen molar-refractivity contribution in [1.82, 2.24) is 0 Å². The topological polar surface area (TPSA) is 24.4 Å². The Balaban J connectivity index is 0.00000144. The molecule has 1 aromatic carbocycles. The molecular formula is C13H17ClN2S. The van der Waals surface area contributed by atoms with Crippen LogP contribution in [-0.4, -0.2) is 10.7 Å². The van der Waals surface area contributed by atoms with Crippen LogP contribution in [0.2, 0.25) is 0 Å². The van der Waals surface area contributed by atoms with Gasteiger partial charge in [0.15, 0.2) is 5.17 Å². The summed E-state index contributed by atoms with van der Waals surface area (Å²) >= 11 is 1.68. The number of allylic oxidation sites excluding steroid dienone is 1. The summed E-state index contributed by atoms with van der Waals surface area (Å²) in [6.07, 6.45) is 2.19. The van der Waals surface area contributed by atoms with Crippen molar-refractivity contribution in [3.63, 3.8) is 0 Å². The van der Waals surface area contributed by atoms with Crippen LogP contribution < -0.4 is 5.32 Å². The zero-order valence-corrected chi connectivity index (χ0v) is 11.9. The smallest absolute Gasteiger partial charge is 0.166 e. The Bertz CT molecular complexity index is 438. The molecule has 0 saturated carbocycles. The minimum absolute atomic E-state index is 0. The van der Waals surface area contributed by atoms with Crippen molar-refractivity contribution in [2.75, 3.05) is 5.32 Å². The second kappa shape index (κ2) is 5.61. The quantitative estimate of drug-likeness (QED) is 0.821. The van der Waals surface area contributed by atoms with E-state index >= 15 is 0 Å². The molecular weight excluding hydrogens is 252 g/mol. The lowest BCUT2D eigenvalue weighted by Crippen LogP contribution is -2.22. The van der Waals surface area contributed by atoms with Gasteiger partial charge in [-0.1, -0.05) is 30.0 Å². The van der Waals surface area contributed by atoms with Crippen LogP contribution in [0.15, 0.2) is 46.3 Å². The molecule has 1 heterocycles. The summed E-state index contributed by atoms with van der Waals surface area (Å²) in [4.78, 5) is 5.94. The summed E-state index contributed by atoms with van der Waals surface area (Å²) in [6.45, 7) is 6.35. The van der Waals surface area contributed by atoms with Gasteiger partial charge in [0, 0.05) is 5.69 Å². The number of halogens is 1. The van der Waals surface area contributed by atoms with Crippen LogP contribution in [0.1, 0.15) is 20.8 Å². The van der Waals surface area contributed by atoms with E-state index in [9.17, 15) is 0 Å². The van der Waals surface area contributed by atoms with Crippen LogP contribution in [0.5, 0.6) is 0 Å². The predicted molar refractivity (Wildman–Crippen MR) is 80.2 cm³/mol. The fourth-order valence-electron chi connectivity index (χ4n) is 1.69. The molecule has 0 aliphatic carbocycles. The fourth-order valence-corrected chi connectivity index (χ4v) is 2.80. The van der Waals surface area contributed by atoms with Crippen molar-refractivity contribution in [3.8, 4) is 0 Å². The number of hydrogen-bond acceptors (Lipinski definition) is 3. The molecule has 0 spiro atoms. The first-order valence-corrected chi connectivity index (χ1v) is 6.16. The first kappa shape index (κ1) is 14.1. The molecule has 17 heavy (non-hydrogen) atoms. The fraction of sp³-hybridized carbons (Fsp3) is 0.308. The average molecular weight is 269 g/mol. The number of rotatable bonds is 1. The van der Waals surface area contributed by atoms with E-state index in [0.717, 1.165) is 10.9 Å². The van der Waals surface area contributed by atoms with Crippen LogP contribution in [0.4, 0.5) is 5.69 Å². The van der Waals surface area contributed by atoms with Gasteiger partial charge in [-0.3, -0.25) is 4.99 Å². The van der Waals surface area contributed by atoms with Gasteiger partial charge in [0.25, 0.3) is 0 Å². The summed E-state index contributed by atoms with van der Waals surface area (Å²) in [5.41, 5.74) is 0.978. The maximum atomic E-state index is 4.65. The molecule has 4 heteroatoms. The van der Waals surface area contributed by atoms with E-state index in [-0.39, 0.29) is 17.9 Å². The minimum atomic E-state index is -0.105. The van der Waals surface area contributed by atoms with Crippen LogP contribution in [-0.2, 0) is 0 Å². The first-order valence-electron chi connectivity index (χ1n) is 5.34. The number of anilines is 1. The van der Waals surface area contributed by atoms with Crippen molar-refractivity contribution in [2.24, 2.45) is 4.99 Å². The molecule has 0 saturated heterocycles. The molecule has 1 aliphatic rings. The first-order chi connectivity index (χ1) is 7.55. The highest BCUT2D eigenvalue weighted by Gasteiger charge is 2.20. The van der Waals surface area contributed by atoms with Crippen LogP contribution in [0.25, 0.3) is 0 Å². The van der Waals surface area contributed by atoms with Gasteiger partial charge < -0.3 is 5.32 Å². The van der Waals surface area contributed by atoms with E-state index in [1.165, 1.54) is 4.91 Å². The molecule has 0 aromatic heterocycles. The van der Waals surface area contributed by atoms with Crippen molar-refractivity contribution in [1.29, 1.82) is 0 Å². The number of para-hydroxylation sites is 1. The number of thioether (sulfide) groups is 1. The Kier molecular flexibility index (Phi) is 4.66. The standard InChI is InChI=1S/C13H16N2S.ClH/c1-10-9-13(2,3)15-12(16-10)14-11-7-5-4-6-8-11;/h4-9H,1-3H3,(H,14,15);1H. The maximum Gasteiger partial charge on any atom is 0.166 e. The molecule has 0 atom stereocenters. The molecule has 92 valence electrons. The van der Waals surface area contributed by atoms with Gasteiger partial charge in [-0.2, -0.15) is 0 Å². The summed E-state index contributed by atoms with van der Waals surface area (Å²) in [5, 5.41) is 4.31. The molecule has 0 unspecified atom stereocenters. The molecule has 0 amide bonds. The number of nitrogens with zero attached hydrogens (tertiary/aromatic N) is 1. The molecule has 1 aromatic rings. The van der Waals surface area contributed by atoms with Gasteiger partial charge in [-0.05, 0) is 43.9 Å². The summed E-state index contributed by atoms with van der Waals surface area (Å²) < 4.78 is 0. The molecule has 0 radical (unpaired) electrons. The molecule has 0 fully saturated rings. The SMILES string of the molecule is CC1=CC(C)(C)N=C(Nc2ccccc2)S1.Cl. The zero-order chi connectivity index (χ0) is 11.6. The van der Waals surface area contributed by atoms with Gasteiger partial charge in [0.05, 0.1) is 5.54 Å². The highest BCUT2D eigenvalue weighted by atomic mass is 35.5. The lowest BCUT2D eigenvalue weighted by Gasteiger charge is -2.24. The van der Waals surface area contributed by atoms with Gasteiger partial charge in [-0.15, -0.1) is 12.4 Å². The Morgan fingerprint density at radius 3 is 2.41 bits per heavy atom. The van der Waals surface area contributed by atoms with Gasteiger partial charge in [0.1, 0.15) is 0 Å². The van der Waals surface area contributed by atoms with Gasteiger partial charge >= 0.3 is 0 Å². The summed E-state index contributed by atoms with van der Waals surface area (Å²) in [6, 6.07) is 10.1. The third-order valence-electron chi connectivity index (χ3n) is 2.23. The van der Waals surface area contributed by atoms with Crippen LogP contribution >= 0.6 is 24.2 Å². The predicted octanol–water partition coefficient (Wildman–Crippen LogP) is 4.31. The molecule has 2 rings (SSSR count). The van der Waals surface area contributed by atoms with Gasteiger partial charge in [0.2, 0.25) is 0 Å². The Hall–Kier alpha value is -0.930. The van der Waals surface area contributed by atoms with E-state index in [4.69, 9.17) is 0 Å². The summed E-state index contributed by atoms with van der Waals surface area (Å²) in [7, 11) is 0. The number of hydrogen-bond donors (Lipinski definition) is 1. The Morgan fingerprint density at radius 2 is 1.82 bits per heavy atom. The maximum absolute atomic E-state index is 4.65. The number of amidine groups is 1. The van der Waals surface area contributed by atoms with Crippen molar-refractivity contribution in [3.05, 3.63) is 41.3 Å². The lowest BCUT2D eigenvalue weighted by molar-refractivity contribution is 0.656. The van der Waals surface area contributed by atoms with Crippen molar-refractivity contribution >= 4 is 35.0 Å². The van der Waals surface area contributed by atoms with Crippen LogP contribution in [0.3, 0.4) is 0 Å². The monoisotopic (exact) mass is 268 g/mol.